The molecule has 1 heterocycles. The van der Waals surface area contributed by atoms with E-state index in [9.17, 15) is 4.79 Å². The molecule has 140 valence electrons. The van der Waals surface area contributed by atoms with Crippen LogP contribution in [-0.4, -0.2) is 33.1 Å². The molecule has 0 aliphatic carbocycles. The summed E-state index contributed by atoms with van der Waals surface area (Å²) in [6.45, 7) is 8.19. The number of allylic oxidation sites excluding steroid dienone is 1. The Labute approximate surface area is 166 Å². The van der Waals surface area contributed by atoms with Gasteiger partial charge in [-0.3, -0.25) is 9.36 Å². The standard InChI is InChI=1S/C17H19Cl2N3O3S/c1-4-8-22-16(20-21-17(22)26-10-15(23)24-5-2)11(3)25-14-7-6-12(18)9-13(14)19/h4,6-7,9,11H,1,5,8,10H2,2-3H3. The quantitative estimate of drug-likeness (QED) is 0.339. The van der Waals surface area contributed by atoms with Crippen LogP contribution < -0.4 is 4.74 Å². The minimum atomic E-state index is -0.418. The molecule has 0 aliphatic heterocycles. The van der Waals surface area contributed by atoms with Crippen LogP contribution in [0.1, 0.15) is 25.8 Å². The van der Waals surface area contributed by atoms with Gasteiger partial charge in [-0.15, -0.1) is 16.8 Å². The van der Waals surface area contributed by atoms with Crippen LogP contribution in [0, 0.1) is 0 Å². The third-order valence-electron chi connectivity index (χ3n) is 3.24. The molecule has 0 aliphatic rings. The number of nitrogens with zero attached hydrogens (tertiary/aromatic N) is 3. The third-order valence-corrected chi connectivity index (χ3v) is 4.71. The van der Waals surface area contributed by atoms with Gasteiger partial charge < -0.3 is 9.47 Å². The van der Waals surface area contributed by atoms with Gasteiger partial charge in [0.1, 0.15) is 5.75 Å². The number of esters is 1. The van der Waals surface area contributed by atoms with E-state index >= 15 is 0 Å². The Bertz CT molecular complexity index is 783. The first-order valence-corrected chi connectivity index (χ1v) is 9.64. The Morgan fingerprint density at radius 1 is 1.42 bits per heavy atom. The Kier molecular flexibility index (Phi) is 7.81. The highest BCUT2D eigenvalue weighted by molar-refractivity contribution is 7.99. The molecule has 0 saturated heterocycles. The summed E-state index contributed by atoms with van der Waals surface area (Å²) in [7, 11) is 0. The molecule has 1 unspecified atom stereocenters. The lowest BCUT2D eigenvalue weighted by Crippen LogP contribution is -2.13. The lowest BCUT2D eigenvalue weighted by Gasteiger charge is -2.16. The number of hydrogen-bond acceptors (Lipinski definition) is 6. The summed E-state index contributed by atoms with van der Waals surface area (Å²) < 4.78 is 12.7. The highest BCUT2D eigenvalue weighted by Gasteiger charge is 2.20. The summed E-state index contributed by atoms with van der Waals surface area (Å²) in [6, 6.07) is 5.01. The number of thioether (sulfide) groups is 1. The molecule has 26 heavy (non-hydrogen) atoms. The van der Waals surface area contributed by atoms with E-state index in [-0.39, 0.29) is 11.7 Å². The van der Waals surface area contributed by atoms with E-state index in [0.717, 1.165) is 0 Å². The zero-order valence-electron chi connectivity index (χ0n) is 14.4. The van der Waals surface area contributed by atoms with Crippen molar-refractivity contribution in [1.29, 1.82) is 0 Å². The summed E-state index contributed by atoms with van der Waals surface area (Å²) in [5.41, 5.74) is 0. The van der Waals surface area contributed by atoms with Crippen molar-refractivity contribution in [2.75, 3.05) is 12.4 Å². The molecule has 1 aromatic heterocycles. The fraction of sp³-hybridized carbons (Fsp3) is 0.353. The second-order valence-corrected chi connectivity index (χ2v) is 6.95. The first kappa shape index (κ1) is 20.6. The maximum atomic E-state index is 11.6. The van der Waals surface area contributed by atoms with Crippen molar-refractivity contribution in [2.45, 2.75) is 31.7 Å². The molecular weight excluding hydrogens is 397 g/mol. The third kappa shape index (κ3) is 5.40. The van der Waals surface area contributed by atoms with E-state index in [1.165, 1.54) is 11.8 Å². The molecule has 6 nitrogen and oxygen atoms in total. The molecule has 0 amide bonds. The number of ether oxygens (including phenoxy) is 2. The van der Waals surface area contributed by atoms with Gasteiger partial charge in [0.05, 0.1) is 17.4 Å². The van der Waals surface area contributed by atoms with Gasteiger partial charge in [-0.1, -0.05) is 41.0 Å². The summed E-state index contributed by atoms with van der Waals surface area (Å²) in [5, 5.41) is 9.88. The smallest absolute Gasteiger partial charge is 0.316 e. The van der Waals surface area contributed by atoms with E-state index in [2.05, 4.69) is 16.8 Å². The fourth-order valence-electron chi connectivity index (χ4n) is 2.15. The summed E-state index contributed by atoms with van der Waals surface area (Å²) in [5.74, 6) is 0.950. The van der Waals surface area contributed by atoms with Crippen molar-refractivity contribution < 1.29 is 14.3 Å². The van der Waals surface area contributed by atoms with Crippen LogP contribution in [0.3, 0.4) is 0 Å². The lowest BCUT2D eigenvalue weighted by molar-refractivity contribution is -0.139. The van der Waals surface area contributed by atoms with Gasteiger partial charge in [0.2, 0.25) is 0 Å². The zero-order valence-corrected chi connectivity index (χ0v) is 16.8. The average Bonchev–Trinajstić information content (AvgIpc) is 2.99. The van der Waals surface area contributed by atoms with Crippen LogP contribution in [0.4, 0.5) is 0 Å². The Morgan fingerprint density at radius 2 is 2.19 bits per heavy atom. The molecule has 0 bridgehead atoms. The number of rotatable bonds is 9. The first-order valence-electron chi connectivity index (χ1n) is 7.90. The van der Waals surface area contributed by atoms with Gasteiger partial charge >= 0.3 is 5.97 Å². The fourth-order valence-corrected chi connectivity index (χ4v) is 3.35. The van der Waals surface area contributed by atoms with E-state index in [1.54, 1.807) is 31.2 Å². The summed E-state index contributed by atoms with van der Waals surface area (Å²) >= 11 is 13.3. The summed E-state index contributed by atoms with van der Waals surface area (Å²) in [4.78, 5) is 11.6. The van der Waals surface area contributed by atoms with Gasteiger partial charge in [0.25, 0.3) is 0 Å². The second kappa shape index (κ2) is 9.85. The number of aromatic nitrogens is 3. The van der Waals surface area contributed by atoms with E-state index < -0.39 is 6.10 Å². The molecule has 2 rings (SSSR count). The second-order valence-electron chi connectivity index (χ2n) is 5.17. The number of halogens is 2. The van der Waals surface area contributed by atoms with Crippen LogP contribution in [-0.2, 0) is 16.1 Å². The molecule has 0 fully saturated rings. The highest BCUT2D eigenvalue weighted by atomic mass is 35.5. The van der Waals surface area contributed by atoms with Crippen LogP contribution >= 0.6 is 35.0 Å². The molecular formula is C17H19Cl2N3O3S. The predicted octanol–water partition coefficient (Wildman–Crippen LogP) is 4.57. The van der Waals surface area contributed by atoms with Crippen LogP contribution in [0.5, 0.6) is 5.75 Å². The van der Waals surface area contributed by atoms with Crippen LogP contribution in [0.15, 0.2) is 36.0 Å². The number of hydrogen-bond donors (Lipinski definition) is 0. The first-order chi connectivity index (χ1) is 12.5. The van der Waals surface area contributed by atoms with Gasteiger partial charge in [0.15, 0.2) is 17.1 Å². The monoisotopic (exact) mass is 415 g/mol. The van der Waals surface area contributed by atoms with Crippen molar-refractivity contribution >= 4 is 40.9 Å². The van der Waals surface area contributed by atoms with Gasteiger partial charge in [-0.25, -0.2) is 0 Å². The lowest BCUT2D eigenvalue weighted by atomic mass is 10.3. The van der Waals surface area contributed by atoms with Crippen molar-refractivity contribution in [3.05, 3.63) is 46.7 Å². The average molecular weight is 416 g/mol. The highest BCUT2D eigenvalue weighted by Crippen LogP contribution is 2.31. The Balaban J connectivity index is 2.16. The zero-order chi connectivity index (χ0) is 19.1. The van der Waals surface area contributed by atoms with Gasteiger partial charge in [-0.2, -0.15) is 0 Å². The Morgan fingerprint density at radius 3 is 2.85 bits per heavy atom. The minimum Gasteiger partial charge on any atom is -0.481 e. The van der Waals surface area contributed by atoms with Crippen molar-refractivity contribution in [3.63, 3.8) is 0 Å². The van der Waals surface area contributed by atoms with Crippen molar-refractivity contribution in [3.8, 4) is 5.75 Å². The molecule has 1 atom stereocenters. The van der Waals surface area contributed by atoms with Gasteiger partial charge in [-0.05, 0) is 32.0 Å². The molecule has 9 heteroatoms. The molecule has 0 radical (unpaired) electrons. The minimum absolute atomic E-state index is 0.154. The maximum Gasteiger partial charge on any atom is 0.316 e. The molecule has 0 N–H and O–H groups in total. The Hall–Kier alpha value is -1.70. The molecule has 0 saturated carbocycles. The predicted molar refractivity (Wildman–Crippen MR) is 103 cm³/mol. The maximum absolute atomic E-state index is 11.6. The summed E-state index contributed by atoms with van der Waals surface area (Å²) in [6.07, 6.45) is 1.31. The number of benzene rings is 1. The van der Waals surface area contributed by atoms with Crippen LogP contribution in [0.2, 0.25) is 10.0 Å². The molecule has 1 aromatic carbocycles. The number of carbonyl (C=O) groups is 1. The largest absolute Gasteiger partial charge is 0.481 e. The van der Waals surface area contributed by atoms with Crippen molar-refractivity contribution in [2.24, 2.45) is 0 Å². The van der Waals surface area contributed by atoms with Gasteiger partial charge in [0, 0.05) is 11.6 Å². The number of carbonyl (C=O) groups excluding carboxylic acids is 1. The van der Waals surface area contributed by atoms with Crippen LogP contribution in [0.25, 0.3) is 0 Å². The SMILES string of the molecule is C=CCn1c(SCC(=O)OCC)nnc1C(C)Oc1ccc(Cl)cc1Cl. The molecule has 2 aromatic rings. The molecule has 0 spiro atoms. The van der Waals surface area contributed by atoms with E-state index in [0.29, 0.717) is 39.9 Å². The van der Waals surface area contributed by atoms with Crippen molar-refractivity contribution in [1.82, 2.24) is 14.8 Å². The topological polar surface area (TPSA) is 66.2 Å². The van der Waals surface area contributed by atoms with E-state index in [4.69, 9.17) is 32.7 Å². The normalized spacial score (nSPS) is 11.8. The van der Waals surface area contributed by atoms with E-state index in [1.807, 2.05) is 11.5 Å².